The number of fused-ring (bicyclic) bond motifs is 3. The molecule has 3 aromatic carbocycles. The molecule has 3 aromatic rings. The average Bonchev–Trinajstić information content (AvgIpc) is 3.51. The molecular formula is C29H31N3O3. The Bertz CT molecular complexity index is 1140. The van der Waals surface area contributed by atoms with Crippen molar-refractivity contribution in [1.29, 1.82) is 0 Å². The molecule has 1 heterocycles. The monoisotopic (exact) mass is 469 g/mol. The maximum absolute atomic E-state index is 13.0. The van der Waals surface area contributed by atoms with Crippen molar-refractivity contribution in [2.75, 3.05) is 26.2 Å². The van der Waals surface area contributed by atoms with E-state index in [0.717, 1.165) is 13.0 Å². The average molecular weight is 470 g/mol. The molecule has 1 unspecified atom stereocenters. The van der Waals surface area contributed by atoms with Crippen LogP contribution >= 0.6 is 0 Å². The third-order valence-electron chi connectivity index (χ3n) is 6.90. The fourth-order valence-corrected chi connectivity index (χ4v) is 5.16. The minimum absolute atomic E-state index is 0.0110. The standard InChI is InChI=1S/C29H31N3O3/c33-28(31-17-16-30-19-21-9-2-1-3-10-21)27-15-8-18-32(27)29(34)35-20-26-24-13-6-4-11-22(24)23-12-5-7-14-25(23)26/h1-7,9-14,26-27,30H,8,15-20H2,(H,31,33). The maximum atomic E-state index is 13.0. The first-order valence-corrected chi connectivity index (χ1v) is 12.4. The topological polar surface area (TPSA) is 70.7 Å². The zero-order valence-corrected chi connectivity index (χ0v) is 19.8. The van der Waals surface area contributed by atoms with E-state index in [1.165, 1.54) is 27.8 Å². The summed E-state index contributed by atoms with van der Waals surface area (Å²) >= 11 is 0. The summed E-state index contributed by atoms with van der Waals surface area (Å²) in [6.07, 6.45) is 1.05. The molecule has 2 amide bonds. The maximum Gasteiger partial charge on any atom is 0.410 e. The van der Waals surface area contributed by atoms with E-state index in [0.29, 0.717) is 26.1 Å². The van der Waals surface area contributed by atoms with E-state index in [9.17, 15) is 9.59 Å². The number of carbonyl (C=O) groups excluding carboxylic acids is 2. The Morgan fingerprint density at radius 1 is 0.857 bits per heavy atom. The van der Waals surface area contributed by atoms with Gasteiger partial charge in [-0.1, -0.05) is 78.9 Å². The first-order valence-electron chi connectivity index (χ1n) is 12.4. The predicted molar refractivity (Wildman–Crippen MR) is 136 cm³/mol. The Labute approximate surface area is 206 Å². The fraction of sp³-hybridized carbons (Fsp3) is 0.310. The Kier molecular flexibility index (Phi) is 7.09. The lowest BCUT2D eigenvalue weighted by atomic mass is 9.98. The molecule has 180 valence electrons. The van der Waals surface area contributed by atoms with Gasteiger partial charge in [-0.3, -0.25) is 9.69 Å². The molecule has 0 bridgehead atoms. The van der Waals surface area contributed by atoms with Gasteiger partial charge < -0.3 is 15.4 Å². The van der Waals surface area contributed by atoms with E-state index in [-0.39, 0.29) is 18.4 Å². The van der Waals surface area contributed by atoms with Gasteiger partial charge in [0.1, 0.15) is 12.6 Å². The van der Waals surface area contributed by atoms with Crippen LogP contribution in [0.5, 0.6) is 0 Å². The predicted octanol–water partition coefficient (Wildman–Crippen LogP) is 4.31. The Hall–Kier alpha value is -3.64. The molecule has 0 saturated carbocycles. The molecule has 1 aliphatic heterocycles. The van der Waals surface area contributed by atoms with Crippen LogP contribution in [0, 0.1) is 0 Å². The Morgan fingerprint density at radius 2 is 1.51 bits per heavy atom. The number of hydrogen-bond donors (Lipinski definition) is 2. The third kappa shape index (κ3) is 5.08. The number of amides is 2. The number of benzene rings is 3. The number of carbonyl (C=O) groups is 2. The van der Waals surface area contributed by atoms with Crippen LogP contribution in [-0.2, 0) is 16.1 Å². The van der Waals surface area contributed by atoms with Crippen LogP contribution in [0.2, 0.25) is 0 Å². The number of nitrogens with one attached hydrogen (secondary N) is 2. The van der Waals surface area contributed by atoms with Gasteiger partial charge in [0.05, 0.1) is 0 Å². The van der Waals surface area contributed by atoms with Crippen molar-refractivity contribution in [2.45, 2.75) is 31.3 Å². The minimum Gasteiger partial charge on any atom is -0.448 e. The minimum atomic E-state index is -0.472. The van der Waals surface area contributed by atoms with E-state index in [2.05, 4.69) is 47.0 Å². The van der Waals surface area contributed by atoms with E-state index in [1.807, 2.05) is 42.5 Å². The molecular weight excluding hydrogens is 438 g/mol. The van der Waals surface area contributed by atoms with Gasteiger partial charge in [0.25, 0.3) is 0 Å². The van der Waals surface area contributed by atoms with Gasteiger partial charge in [-0.2, -0.15) is 0 Å². The smallest absolute Gasteiger partial charge is 0.410 e. The molecule has 1 atom stereocenters. The second-order valence-electron chi connectivity index (χ2n) is 9.11. The van der Waals surface area contributed by atoms with Crippen LogP contribution in [0.3, 0.4) is 0 Å². The molecule has 1 saturated heterocycles. The van der Waals surface area contributed by atoms with E-state index < -0.39 is 12.1 Å². The van der Waals surface area contributed by atoms with Gasteiger partial charge in [0, 0.05) is 32.1 Å². The highest BCUT2D eigenvalue weighted by atomic mass is 16.6. The summed E-state index contributed by atoms with van der Waals surface area (Å²) in [6, 6.07) is 26.2. The van der Waals surface area contributed by atoms with E-state index in [1.54, 1.807) is 4.90 Å². The van der Waals surface area contributed by atoms with Crippen molar-refractivity contribution >= 4 is 12.0 Å². The van der Waals surface area contributed by atoms with Crippen LogP contribution in [0.15, 0.2) is 78.9 Å². The van der Waals surface area contributed by atoms with E-state index >= 15 is 0 Å². The largest absolute Gasteiger partial charge is 0.448 e. The fourth-order valence-electron chi connectivity index (χ4n) is 5.16. The molecule has 1 aliphatic carbocycles. The first-order chi connectivity index (χ1) is 17.2. The molecule has 5 rings (SSSR count). The van der Waals surface area contributed by atoms with Gasteiger partial charge in [-0.15, -0.1) is 0 Å². The quantitative estimate of drug-likeness (QED) is 0.483. The van der Waals surface area contributed by atoms with Gasteiger partial charge in [0.15, 0.2) is 0 Å². The highest BCUT2D eigenvalue weighted by molar-refractivity contribution is 5.86. The van der Waals surface area contributed by atoms with Gasteiger partial charge in [-0.25, -0.2) is 4.79 Å². The molecule has 0 spiro atoms. The van der Waals surface area contributed by atoms with Crippen LogP contribution in [0.1, 0.15) is 35.4 Å². The van der Waals surface area contributed by atoms with Gasteiger partial charge in [0.2, 0.25) is 5.91 Å². The highest BCUT2D eigenvalue weighted by Gasteiger charge is 2.36. The van der Waals surface area contributed by atoms with Gasteiger partial charge in [-0.05, 0) is 40.7 Å². The zero-order valence-electron chi connectivity index (χ0n) is 19.8. The summed E-state index contributed by atoms with van der Waals surface area (Å²) in [5, 5.41) is 6.30. The lowest BCUT2D eigenvalue weighted by Gasteiger charge is -2.24. The lowest BCUT2D eigenvalue weighted by Crippen LogP contribution is -2.47. The van der Waals surface area contributed by atoms with Crippen LogP contribution < -0.4 is 10.6 Å². The Morgan fingerprint density at radius 3 is 2.23 bits per heavy atom. The van der Waals surface area contributed by atoms with E-state index in [4.69, 9.17) is 4.74 Å². The summed E-state index contributed by atoms with van der Waals surface area (Å²) < 4.78 is 5.79. The van der Waals surface area contributed by atoms with Crippen molar-refractivity contribution < 1.29 is 14.3 Å². The summed E-state index contributed by atoms with van der Waals surface area (Å²) in [4.78, 5) is 27.4. The van der Waals surface area contributed by atoms with Crippen molar-refractivity contribution in [3.8, 4) is 11.1 Å². The number of likely N-dealkylation sites (tertiary alicyclic amines) is 1. The summed E-state index contributed by atoms with van der Waals surface area (Å²) in [7, 11) is 0. The van der Waals surface area contributed by atoms with Crippen molar-refractivity contribution in [3.63, 3.8) is 0 Å². The molecule has 0 radical (unpaired) electrons. The molecule has 1 fully saturated rings. The molecule has 0 aromatic heterocycles. The zero-order chi connectivity index (χ0) is 24.0. The summed E-state index contributed by atoms with van der Waals surface area (Å²) in [5.41, 5.74) is 5.96. The van der Waals surface area contributed by atoms with Crippen molar-refractivity contribution in [3.05, 3.63) is 95.6 Å². The number of ether oxygens (including phenoxy) is 1. The summed E-state index contributed by atoms with van der Waals surface area (Å²) in [6.45, 7) is 2.74. The molecule has 2 aliphatic rings. The van der Waals surface area contributed by atoms with Gasteiger partial charge >= 0.3 is 6.09 Å². The number of nitrogens with zero attached hydrogens (tertiary/aromatic N) is 1. The summed E-state index contributed by atoms with van der Waals surface area (Å²) in [5.74, 6) is -0.102. The van der Waals surface area contributed by atoms with Crippen molar-refractivity contribution in [1.82, 2.24) is 15.5 Å². The van der Waals surface area contributed by atoms with Crippen LogP contribution in [0.4, 0.5) is 4.79 Å². The third-order valence-corrected chi connectivity index (χ3v) is 6.90. The SMILES string of the molecule is O=C(NCCNCc1ccccc1)C1CCCN1C(=O)OCC1c2ccccc2-c2ccccc21. The second kappa shape index (κ2) is 10.7. The lowest BCUT2D eigenvalue weighted by molar-refractivity contribution is -0.125. The van der Waals surface area contributed by atoms with Crippen LogP contribution in [0.25, 0.3) is 11.1 Å². The normalized spacial score (nSPS) is 16.6. The second-order valence-corrected chi connectivity index (χ2v) is 9.11. The molecule has 35 heavy (non-hydrogen) atoms. The Balaban J connectivity index is 1.12. The first kappa shape index (κ1) is 23.1. The molecule has 6 nitrogen and oxygen atoms in total. The number of hydrogen-bond acceptors (Lipinski definition) is 4. The molecule has 2 N–H and O–H groups in total. The molecule has 6 heteroatoms. The number of rotatable bonds is 8. The van der Waals surface area contributed by atoms with Crippen LogP contribution in [-0.4, -0.2) is 49.2 Å². The van der Waals surface area contributed by atoms with Crippen molar-refractivity contribution in [2.24, 2.45) is 0 Å². The highest BCUT2D eigenvalue weighted by Crippen LogP contribution is 2.44.